The molecule has 2 heteroatoms. The highest BCUT2D eigenvalue weighted by Crippen LogP contribution is 2.31. The fourth-order valence-electron chi connectivity index (χ4n) is 3.44. The second-order valence-corrected chi connectivity index (χ2v) is 6.64. The Kier molecular flexibility index (Phi) is 3.45. The minimum atomic E-state index is 0.618. The summed E-state index contributed by atoms with van der Waals surface area (Å²) in [4.78, 5) is 0. The van der Waals surface area contributed by atoms with Crippen LogP contribution in [-0.2, 0) is 6.54 Å². The van der Waals surface area contributed by atoms with Gasteiger partial charge >= 0.3 is 0 Å². The number of rotatable bonds is 3. The van der Waals surface area contributed by atoms with Crippen molar-refractivity contribution in [2.24, 2.45) is 5.92 Å². The first-order valence-corrected chi connectivity index (χ1v) is 8.36. The van der Waals surface area contributed by atoms with Gasteiger partial charge in [-0.1, -0.05) is 56.3 Å². The molecule has 0 saturated carbocycles. The van der Waals surface area contributed by atoms with Gasteiger partial charge in [-0.05, 0) is 29.7 Å². The van der Waals surface area contributed by atoms with Gasteiger partial charge in [-0.3, -0.25) is 0 Å². The van der Waals surface area contributed by atoms with Crippen LogP contribution in [0.4, 0.5) is 0 Å². The minimum Gasteiger partial charge on any atom is -0.381 e. The maximum atomic E-state index is 3.46. The highest BCUT2D eigenvalue weighted by atomic mass is 15.0. The predicted molar refractivity (Wildman–Crippen MR) is 99.4 cm³/mol. The average molecular weight is 302 g/mol. The van der Waals surface area contributed by atoms with E-state index in [1.807, 2.05) is 0 Å². The number of benzene rings is 2. The molecule has 2 nitrogen and oxygen atoms in total. The summed E-state index contributed by atoms with van der Waals surface area (Å²) in [6, 6.07) is 15.6. The van der Waals surface area contributed by atoms with Crippen LogP contribution in [0, 0.1) is 5.92 Å². The molecule has 0 radical (unpaired) electrons. The number of dihydropyridines is 1. The van der Waals surface area contributed by atoms with Gasteiger partial charge in [0.1, 0.15) is 0 Å². The molecular weight excluding hydrogens is 280 g/mol. The molecule has 3 aromatic rings. The molecule has 1 aliphatic rings. The van der Waals surface area contributed by atoms with Crippen molar-refractivity contribution >= 4 is 27.5 Å². The van der Waals surface area contributed by atoms with Crippen molar-refractivity contribution in [1.82, 2.24) is 9.88 Å². The van der Waals surface area contributed by atoms with Crippen LogP contribution in [0.5, 0.6) is 0 Å². The summed E-state index contributed by atoms with van der Waals surface area (Å²) >= 11 is 0. The van der Waals surface area contributed by atoms with Crippen LogP contribution in [0.2, 0.25) is 0 Å². The Morgan fingerprint density at radius 3 is 2.65 bits per heavy atom. The number of fused-ring (bicyclic) bond motifs is 3. The van der Waals surface area contributed by atoms with Crippen LogP contribution in [-0.4, -0.2) is 11.1 Å². The van der Waals surface area contributed by atoms with E-state index in [9.17, 15) is 0 Å². The molecule has 0 bridgehead atoms. The Hall–Kier alpha value is -2.48. The Labute approximate surface area is 137 Å². The second-order valence-electron chi connectivity index (χ2n) is 6.64. The lowest BCUT2D eigenvalue weighted by Crippen LogP contribution is -2.14. The molecule has 0 spiro atoms. The van der Waals surface area contributed by atoms with Crippen LogP contribution in [0.1, 0.15) is 19.4 Å². The molecule has 0 unspecified atom stereocenters. The van der Waals surface area contributed by atoms with Gasteiger partial charge in [-0.25, -0.2) is 0 Å². The van der Waals surface area contributed by atoms with Crippen LogP contribution in [0.3, 0.4) is 0 Å². The number of hydrogen-bond donors (Lipinski definition) is 1. The monoisotopic (exact) mass is 302 g/mol. The van der Waals surface area contributed by atoms with Crippen LogP contribution < -0.4 is 5.32 Å². The molecule has 0 saturated heterocycles. The highest BCUT2D eigenvalue weighted by Gasteiger charge is 2.13. The molecule has 1 N–H and O–H groups in total. The van der Waals surface area contributed by atoms with Crippen molar-refractivity contribution in [2.45, 2.75) is 20.4 Å². The molecule has 4 rings (SSSR count). The number of allylic oxidation sites excluding steroid dienone is 2. The van der Waals surface area contributed by atoms with Crippen molar-refractivity contribution in [3.05, 3.63) is 66.3 Å². The van der Waals surface area contributed by atoms with E-state index < -0.39 is 0 Å². The summed E-state index contributed by atoms with van der Waals surface area (Å²) in [6.07, 6.45) is 6.41. The fraction of sp³-hybridized carbons (Fsp3) is 0.238. The lowest BCUT2D eigenvalue weighted by molar-refractivity contribution is 0.545. The summed E-state index contributed by atoms with van der Waals surface area (Å²) in [7, 11) is 0. The summed E-state index contributed by atoms with van der Waals surface area (Å²) in [5, 5.41) is 6.15. The Balaban J connectivity index is 1.97. The molecular formula is C21H22N2. The largest absolute Gasteiger partial charge is 0.381 e. The number of nitrogens with zero attached hydrogens (tertiary/aromatic N) is 1. The first-order chi connectivity index (χ1) is 11.2. The average Bonchev–Trinajstić information content (AvgIpc) is 2.89. The first-order valence-electron chi connectivity index (χ1n) is 8.36. The number of aromatic nitrogens is 1. The molecule has 0 fully saturated rings. The third-order valence-electron chi connectivity index (χ3n) is 4.44. The standard InChI is InChI=1S/C21H22N2/c1-15(2)14-23-20-9-4-3-7-17(20)18-11-10-16(13-21(18)23)19-8-5-6-12-22-19/h3-11,13,15,22H,12,14H2,1-2H3. The Morgan fingerprint density at radius 1 is 1.04 bits per heavy atom. The van der Waals surface area contributed by atoms with Crippen LogP contribution in [0.15, 0.2) is 60.7 Å². The van der Waals surface area contributed by atoms with Gasteiger partial charge in [-0.2, -0.15) is 0 Å². The molecule has 1 aliphatic heterocycles. The van der Waals surface area contributed by atoms with E-state index >= 15 is 0 Å². The van der Waals surface area contributed by atoms with E-state index in [1.165, 1.54) is 33.1 Å². The molecule has 23 heavy (non-hydrogen) atoms. The summed E-state index contributed by atoms with van der Waals surface area (Å²) in [5.74, 6) is 0.618. The van der Waals surface area contributed by atoms with Crippen molar-refractivity contribution in [3.8, 4) is 0 Å². The van der Waals surface area contributed by atoms with Gasteiger partial charge in [0.05, 0.1) is 0 Å². The van der Waals surface area contributed by atoms with Crippen LogP contribution in [0.25, 0.3) is 27.5 Å². The first kappa shape index (κ1) is 14.1. The Morgan fingerprint density at radius 2 is 1.87 bits per heavy atom. The normalized spacial score (nSPS) is 14.5. The van der Waals surface area contributed by atoms with Gasteiger partial charge in [-0.15, -0.1) is 0 Å². The minimum absolute atomic E-state index is 0.618. The summed E-state index contributed by atoms with van der Waals surface area (Å²) in [6.45, 7) is 6.50. The number of nitrogens with one attached hydrogen (secondary N) is 1. The van der Waals surface area contributed by atoms with E-state index in [-0.39, 0.29) is 0 Å². The SMILES string of the molecule is CC(C)Cn1c2ccccc2c2ccc(C3=CC=CCN3)cc21. The number of hydrogen-bond acceptors (Lipinski definition) is 1. The molecule has 0 aliphatic carbocycles. The summed E-state index contributed by atoms with van der Waals surface area (Å²) in [5.41, 5.74) is 5.12. The lowest BCUT2D eigenvalue weighted by atomic mass is 10.1. The highest BCUT2D eigenvalue weighted by molar-refractivity contribution is 6.08. The number of para-hydroxylation sites is 1. The van der Waals surface area contributed by atoms with Crippen molar-refractivity contribution in [3.63, 3.8) is 0 Å². The van der Waals surface area contributed by atoms with Gasteiger partial charge in [0, 0.05) is 40.6 Å². The van der Waals surface area contributed by atoms with Crippen molar-refractivity contribution < 1.29 is 0 Å². The van der Waals surface area contributed by atoms with E-state index in [1.54, 1.807) is 0 Å². The topological polar surface area (TPSA) is 17.0 Å². The molecule has 2 aromatic carbocycles. The van der Waals surface area contributed by atoms with E-state index in [0.717, 1.165) is 13.1 Å². The van der Waals surface area contributed by atoms with Gasteiger partial charge in [0.2, 0.25) is 0 Å². The molecule has 0 atom stereocenters. The maximum Gasteiger partial charge on any atom is 0.0498 e. The molecule has 0 amide bonds. The quantitative estimate of drug-likeness (QED) is 0.724. The van der Waals surface area contributed by atoms with E-state index in [0.29, 0.717) is 5.92 Å². The zero-order valence-electron chi connectivity index (χ0n) is 13.7. The smallest absolute Gasteiger partial charge is 0.0498 e. The molecule has 2 heterocycles. The van der Waals surface area contributed by atoms with Gasteiger partial charge < -0.3 is 9.88 Å². The fourth-order valence-corrected chi connectivity index (χ4v) is 3.44. The van der Waals surface area contributed by atoms with Crippen LogP contribution >= 0.6 is 0 Å². The van der Waals surface area contributed by atoms with Crippen molar-refractivity contribution in [1.29, 1.82) is 0 Å². The second kappa shape index (κ2) is 5.62. The third kappa shape index (κ3) is 2.44. The zero-order valence-corrected chi connectivity index (χ0v) is 13.7. The third-order valence-corrected chi connectivity index (χ3v) is 4.44. The maximum absolute atomic E-state index is 3.46. The van der Waals surface area contributed by atoms with E-state index in [4.69, 9.17) is 0 Å². The van der Waals surface area contributed by atoms with Gasteiger partial charge in [0.25, 0.3) is 0 Å². The zero-order chi connectivity index (χ0) is 15.8. The molecule has 1 aromatic heterocycles. The van der Waals surface area contributed by atoms with Gasteiger partial charge in [0.15, 0.2) is 0 Å². The van der Waals surface area contributed by atoms with E-state index in [2.05, 4.69) is 84.4 Å². The predicted octanol–water partition coefficient (Wildman–Crippen LogP) is 4.95. The lowest BCUT2D eigenvalue weighted by Gasteiger charge is -2.14. The Bertz CT molecular complexity index is 926. The van der Waals surface area contributed by atoms with Crippen molar-refractivity contribution in [2.75, 3.05) is 6.54 Å². The molecule has 116 valence electrons. The summed E-state index contributed by atoms with van der Waals surface area (Å²) < 4.78 is 2.47.